The quantitative estimate of drug-likeness (QED) is 0.568. The van der Waals surface area contributed by atoms with Gasteiger partial charge in [0.2, 0.25) is 0 Å². The van der Waals surface area contributed by atoms with Gasteiger partial charge in [0.05, 0.1) is 38.1 Å². The van der Waals surface area contributed by atoms with E-state index in [9.17, 15) is 0 Å². The van der Waals surface area contributed by atoms with Gasteiger partial charge in [-0.1, -0.05) is 24.3 Å². The van der Waals surface area contributed by atoms with Crippen molar-refractivity contribution < 1.29 is 14.2 Å². The van der Waals surface area contributed by atoms with Crippen molar-refractivity contribution in [3.63, 3.8) is 0 Å². The fourth-order valence-corrected chi connectivity index (χ4v) is 4.55. The Labute approximate surface area is 159 Å². The second-order valence-electron chi connectivity index (χ2n) is 7.48. The minimum atomic E-state index is 0.620. The van der Waals surface area contributed by atoms with Gasteiger partial charge < -0.3 is 14.6 Å². The number of para-hydroxylation sites is 1. The molecule has 0 bridgehead atoms. The van der Waals surface area contributed by atoms with Crippen LogP contribution in [0, 0.1) is 0 Å². The maximum absolute atomic E-state index is 5.76. The summed E-state index contributed by atoms with van der Waals surface area (Å²) in [5.41, 5.74) is 4.97. The van der Waals surface area contributed by atoms with E-state index >= 15 is 0 Å². The number of hydrogen-bond acceptors (Lipinski definition) is 4. The summed E-state index contributed by atoms with van der Waals surface area (Å²) in [6, 6.07) is 14.7. The number of piperazine rings is 1. The third-order valence-electron chi connectivity index (χ3n) is 6.01. The molecule has 0 amide bonds. The molecule has 0 unspecified atom stereocenters. The van der Waals surface area contributed by atoms with Crippen molar-refractivity contribution in [1.82, 2.24) is 9.80 Å². The molecule has 0 radical (unpaired) electrons. The topological polar surface area (TPSA) is 43.6 Å². The maximum atomic E-state index is 5.76. The minimum absolute atomic E-state index is 0.620. The average Bonchev–Trinajstić information content (AvgIpc) is 3.16. The molecule has 0 saturated carbocycles. The summed E-state index contributed by atoms with van der Waals surface area (Å²) < 4.78 is 6.75. The summed E-state index contributed by atoms with van der Waals surface area (Å²) in [5, 5.41) is 4.76. The maximum Gasteiger partial charge on any atom is 0.174 e. The van der Waals surface area contributed by atoms with Gasteiger partial charge in [-0.05, 0) is 18.2 Å². The van der Waals surface area contributed by atoms with Crippen molar-refractivity contribution in [2.75, 3.05) is 39.3 Å². The standard InChI is InChI=1S/C22H25N2O3/c1-2-6-21-18(4-1)17(16-25-21)8-12-24(13-10-23-11-14-24)20-5-3-7-22-19(20)9-15-26-27-22/h1-7,16,23H,8-15H2/q+1. The molecular formula is C22H25N2O3+. The van der Waals surface area contributed by atoms with Crippen LogP contribution in [0.15, 0.2) is 53.1 Å². The number of rotatable bonds is 4. The Morgan fingerprint density at radius 1 is 1.00 bits per heavy atom. The molecule has 3 aromatic rings. The smallest absolute Gasteiger partial charge is 0.174 e. The highest BCUT2D eigenvalue weighted by molar-refractivity contribution is 5.80. The molecule has 27 heavy (non-hydrogen) atoms. The van der Waals surface area contributed by atoms with E-state index in [0.29, 0.717) is 6.61 Å². The van der Waals surface area contributed by atoms with Crippen LogP contribution in [0.1, 0.15) is 11.1 Å². The lowest BCUT2D eigenvalue weighted by Crippen LogP contribution is -2.61. The first-order valence-corrected chi connectivity index (χ1v) is 9.80. The minimum Gasteiger partial charge on any atom is -0.464 e. The largest absolute Gasteiger partial charge is 0.464 e. The molecule has 140 valence electrons. The number of nitrogens with zero attached hydrogens (tertiary/aromatic N) is 1. The van der Waals surface area contributed by atoms with Gasteiger partial charge >= 0.3 is 0 Å². The van der Waals surface area contributed by atoms with Crippen molar-refractivity contribution in [2.45, 2.75) is 12.8 Å². The molecule has 5 heteroatoms. The van der Waals surface area contributed by atoms with Crippen molar-refractivity contribution in [2.24, 2.45) is 0 Å². The predicted molar refractivity (Wildman–Crippen MR) is 106 cm³/mol. The molecule has 3 heterocycles. The number of nitrogens with one attached hydrogen (secondary N) is 1. The lowest BCUT2D eigenvalue weighted by molar-refractivity contribution is -0.215. The molecule has 1 aromatic heterocycles. The molecule has 0 aliphatic carbocycles. The first-order chi connectivity index (χ1) is 13.4. The van der Waals surface area contributed by atoms with Crippen LogP contribution in [0.3, 0.4) is 0 Å². The average molecular weight is 365 g/mol. The van der Waals surface area contributed by atoms with Gasteiger partial charge in [-0.25, -0.2) is 0 Å². The molecule has 2 aliphatic rings. The molecule has 0 atom stereocenters. The van der Waals surface area contributed by atoms with Gasteiger partial charge in [-0.3, -0.25) is 4.48 Å². The molecule has 5 rings (SSSR count). The number of furan rings is 1. The fraction of sp³-hybridized carbons (Fsp3) is 0.364. The second kappa shape index (κ2) is 7.00. The highest BCUT2D eigenvalue weighted by Gasteiger charge is 2.36. The Hall–Kier alpha value is -2.34. The van der Waals surface area contributed by atoms with E-state index in [-0.39, 0.29) is 0 Å². The van der Waals surface area contributed by atoms with Crippen LogP contribution in [0.4, 0.5) is 5.69 Å². The van der Waals surface area contributed by atoms with Crippen LogP contribution < -0.4 is 14.7 Å². The molecule has 0 spiro atoms. The van der Waals surface area contributed by atoms with Gasteiger partial charge in [-0.2, -0.15) is 4.89 Å². The predicted octanol–water partition coefficient (Wildman–Crippen LogP) is 3.45. The molecular weight excluding hydrogens is 340 g/mol. The highest BCUT2D eigenvalue weighted by atomic mass is 17.2. The third-order valence-corrected chi connectivity index (χ3v) is 6.01. The number of quaternary nitrogens is 1. The summed E-state index contributed by atoms with van der Waals surface area (Å²) in [6.45, 7) is 5.93. The molecule has 2 aromatic carbocycles. The Morgan fingerprint density at radius 3 is 2.81 bits per heavy atom. The van der Waals surface area contributed by atoms with Crippen LogP contribution in [-0.4, -0.2) is 39.3 Å². The van der Waals surface area contributed by atoms with Gasteiger partial charge in [0.1, 0.15) is 11.3 Å². The van der Waals surface area contributed by atoms with Crippen LogP contribution in [0.5, 0.6) is 5.75 Å². The van der Waals surface area contributed by atoms with Crippen molar-refractivity contribution >= 4 is 16.7 Å². The zero-order valence-corrected chi connectivity index (χ0v) is 15.4. The Balaban J connectivity index is 1.49. The Morgan fingerprint density at radius 2 is 1.89 bits per heavy atom. The van der Waals surface area contributed by atoms with Crippen LogP contribution in [-0.2, 0) is 17.7 Å². The first kappa shape index (κ1) is 16.8. The highest BCUT2D eigenvalue weighted by Crippen LogP contribution is 2.37. The fourth-order valence-electron chi connectivity index (χ4n) is 4.55. The molecule has 1 N–H and O–H groups in total. The SMILES string of the molecule is c1cc2c(c([N+]3(CCc4coc5ccccc45)CCNCC3)c1)CCOO2. The van der Waals surface area contributed by atoms with E-state index < -0.39 is 0 Å². The first-order valence-electron chi connectivity index (χ1n) is 9.80. The Kier molecular flexibility index (Phi) is 4.36. The number of benzene rings is 2. The van der Waals surface area contributed by atoms with Gasteiger partial charge in [0.25, 0.3) is 0 Å². The van der Waals surface area contributed by atoms with E-state index in [1.807, 2.05) is 24.5 Å². The summed E-state index contributed by atoms with van der Waals surface area (Å²) in [6.07, 6.45) is 3.84. The van der Waals surface area contributed by atoms with E-state index in [4.69, 9.17) is 14.2 Å². The summed E-state index contributed by atoms with van der Waals surface area (Å²) in [4.78, 5) is 10.7. The monoisotopic (exact) mass is 365 g/mol. The molecule has 2 aliphatic heterocycles. The lowest BCUT2D eigenvalue weighted by atomic mass is 10.0. The van der Waals surface area contributed by atoms with Crippen molar-refractivity contribution in [3.05, 3.63) is 59.9 Å². The van der Waals surface area contributed by atoms with Gasteiger partial charge in [0, 0.05) is 36.9 Å². The van der Waals surface area contributed by atoms with Crippen LogP contribution in [0.25, 0.3) is 11.0 Å². The molecule has 1 saturated heterocycles. The van der Waals surface area contributed by atoms with Crippen molar-refractivity contribution in [1.29, 1.82) is 0 Å². The normalized spacial score (nSPS) is 18.8. The second-order valence-corrected chi connectivity index (χ2v) is 7.48. The van der Waals surface area contributed by atoms with Crippen LogP contribution >= 0.6 is 0 Å². The molecule has 5 nitrogen and oxygen atoms in total. The number of hydrogen-bond donors (Lipinski definition) is 1. The van der Waals surface area contributed by atoms with E-state index in [1.165, 1.54) is 22.2 Å². The van der Waals surface area contributed by atoms with E-state index in [1.54, 1.807) is 0 Å². The zero-order valence-electron chi connectivity index (χ0n) is 15.4. The van der Waals surface area contributed by atoms with E-state index in [2.05, 4.69) is 29.6 Å². The summed E-state index contributed by atoms with van der Waals surface area (Å²) in [5.74, 6) is 0.878. The van der Waals surface area contributed by atoms with Crippen molar-refractivity contribution in [3.8, 4) is 5.75 Å². The van der Waals surface area contributed by atoms with Gasteiger partial charge in [0.15, 0.2) is 5.75 Å². The summed E-state index contributed by atoms with van der Waals surface area (Å²) >= 11 is 0. The number of fused-ring (bicyclic) bond motifs is 2. The van der Waals surface area contributed by atoms with E-state index in [0.717, 1.165) is 61.4 Å². The lowest BCUT2D eigenvalue weighted by Gasteiger charge is -2.42. The van der Waals surface area contributed by atoms with Crippen LogP contribution in [0.2, 0.25) is 0 Å². The molecule has 1 fully saturated rings. The zero-order chi connectivity index (χ0) is 18.1. The summed E-state index contributed by atoms with van der Waals surface area (Å²) in [7, 11) is 0. The Bertz CT molecular complexity index is 944. The van der Waals surface area contributed by atoms with Gasteiger partial charge in [-0.15, -0.1) is 0 Å². The third kappa shape index (κ3) is 3.02.